The molecule has 1 saturated heterocycles. The highest BCUT2D eigenvalue weighted by Gasteiger charge is 2.23. The predicted molar refractivity (Wildman–Crippen MR) is 57.9 cm³/mol. The summed E-state index contributed by atoms with van der Waals surface area (Å²) < 4.78 is 0. The molecule has 0 saturated carbocycles. The Labute approximate surface area is 82.7 Å². The molecular weight excluding hydrogens is 160 g/mol. The third-order valence-corrected chi connectivity index (χ3v) is 3.11. The first-order valence-corrected chi connectivity index (χ1v) is 5.67. The summed E-state index contributed by atoms with van der Waals surface area (Å²) in [5.74, 6) is 1.81. The Morgan fingerprint density at radius 2 is 2.23 bits per heavy atom. The Morgan fingerprint density at radius 3 is 2.77 bits per heavy atom. The highest BCUT2D eigenvalue weighted by molar-refractivity contribution is 4.77. The highest BCUT2D eigenvalue weighted by atomic mass is 15.2. The zero-order chi connectivity index (χ0) is 9.68. The Morgan fingerprint density at radius 1 is 1.46 bits per heavy atom. The lowest BCUT2D eigenvalue weighted by molar-refractivity contribution is 0.303. The smallest absolute Gasteiger partial charge is 0.0107 e. The maximum Gasteiger partial charge on any atom is 0.0107 e. The van der Waals surface area contributed by atoms with Crippen LogP contribution >= 0.6 is 0 Å². The molecule has 1 heterocycles. The molecular formula is C11H24N2. The van der Waals surface area contributed by atoms with Crippen LogP contribution in [0.25, 0.3) is 0 Å². The molecule has 0 spiro atoms. The normalized spacial score (nSPS) is 24.5. The van der Waals surface area contributed by atoms with Crippen LogP contribution in [-0.4, -0.2) is 37.6 Å². The van der Waals surface area contributed by atoms with E-state index in [1.807, 2.05) is 0 Å². The van der Waals surface area contributed by atoms with E-state index in [1.165, 1.54) is 26.1 Å². The number of hydrogen-bond acceptors (Lipinski definition) is 2. The molecule has 1 unspecified atom stereocenters. The molecule has 0 aromatic carbocycles. The van der Waals surface area contributed by atoms with Crippen molar-refractivity contribution in [3.8, 4) is 0 Å². The minimum Gasteiger partial charge on any atom is -0.316 e. The summed E-state index contributed by atoms with van der Waals surface area (Å²) in [6.07, 6.45) is 1.41. The second-order valence-corrected chi connectivity index (χ2v) is 4.45. The van der Waals surface area contributed by atoms with Crippen LogP contribution in [0.3, 0.4) is 0 Å². The van der Waals surface area contributed by atoms with E-state index < -0.39 is 0 Å². The molecule has 2 nitrogen and oxygen atoms in total. The topological polar surface area (TPSA) is 15.3 Å². The number of hydrogen-bond donors (Lipinski definition) is 1. The van der Waals surface area contributed by atoms with Crippen LogP contribution in [-0.2, 0) is 0 Å². The van der Waals surface area contributed by atoms with Gasteiger partial charge in [0.25, 0.3) is 0 Å². The van der Waals surface area contributed by atoms with Gasteiger partial charge in [-0.25, -0.2) is 0 Å². The summed E-state index contributed by atoms with van der Waals surface area (Å²) in [6.45, 7) is 13.0. The second-order valence-electron chi connectivity index (χ2n) is 4.45. The first kappa shape index (κ1) is 11.0. The SMILES string of the molecule is CCNCCN1CCC(C(C)C)C1. The van der Waals surface area contributed by atoms with Crippen LogP contribution < -0.4 is 5.32 Å². The van der Waals surface area contributed by atoms with E-state index in [0.717, 1.165) is 24.9 Å². The molecule has 1 N–H and O–H groups in total. The van der Waals surface area contributed by atoms with E-state index in [2.05, 4.69) is 31.0 Å². The van der Waals surface area contributed by atoms with Crippen LogP contribution in [0.1, 0.15) is 27.2 Å². The molecule has 0 aromatic heterocycles. The average Bonchev–Trinajstić information content (AvgIpc) is 2.53. The largest absolute Gasteiger partial charge is 0.316 e. The van der Waals surface area contributed by atoms with Gasteiger partial charge < -0.3 is 10.2 Å². The van der Waals surface area contributed by atoms with Gasteiger partial charge in [-0.3, -0.25) is 0 Å². The van der Waals surface area contributed by atoms with Crippen molar-refractivity contribution in [3.63, 3.8) is 0 Å². The molecule has 2 heteroatoms. The minimum atomic E-state index is 0.865. The van der Waals surface area contributed by atoms with Crippen LogP contribution in [0, 0.1) is 11.8 Å². The molecule has 1 aliphatic heterocycles. The van der Waals surface area contributed by atoms with Gasteiger partial charge in [-0.2, -0.15) is 0 Å². The Bertz CT molecular complexity index is 134. The van der Waals surface area contributed by atoms with Crippen molar-refractivity contribution in [2.24, 2.45) is 11.8 Å². The molecule has 0 aliphatic carbocycles. The van der Waals surface area contributed by atoms with Gasteiger partial charge in [-0.05, 0) is 31.3 Å². The van der Waals surface area contributed by atoms with Crippen molar-refractivity contribution in [3.05, 3.63) is 0 Å². The van der Waals surface area contributed by atoms with Crippen LogP contribution in [0.5, 0.6) is 0 Å². The van der Waals surface area contributed by atoms with Gasteiger partial charge in [0.2, 0.25) is 0 Å². The number of nitrogens with one attached hydrogen (secondary N) is 1. The molecule has 0 radical (unpaired) electrons. The first-order valence-electron chi connectivity index (χ1n) is 5.67. The van der Waals surface area contributed by atoms with Crippen molar-refractivity contribution < 1.29 is 0 Å². The van der Waals surface area contributed by atoms with Gasteiger partial charge in [-0.15, -0.1) is 0 Å². The lowest BCUT2D eigenvalue weighted by Gasteiger charge is -2.17. The van der Waals surface area contributed by atoms with Crippen LogP contribution in [0.4, 0.5) is 0 Å². The van der Waals surface area contributed by atoms with E-state index >= 15 is 0 Å². The molecule has 13 heavy (non-hydrogen) atoms. The lowest BCUT2D eigenvalue weighted by Crippen LogP contribution is -2.30. The van der Waals surface area contributed by atoms with Crippen LogP contribution in [0.2, 0.25) is 0 Å². The van der Waals surface area contributed by atoms with Gasteiger partial charge in [0.1, 0.15) is 0 Å². The summed E-state index contributed by atoms with van der Waals surface area (Å²) in [7, 11) is 0. The van der Waals surface area contributed by atoms with Crippen molar-refractivity contribution in [1.82, 2.24) is 10.2 Å². The summed E-state index contributed by atoms with van der Waals surface area (Å²) in [5.41, 5.74) is 0. The maximum atomic E-state index is 3.38. The van der Waals surface area contributed by atoms with Crippen molar-refractivity contribution in [2.75, 3.05) is 32.7 Å². The zero-order valence-electron chi connectivity index (χ0n) is 9.34. The minimum absolute atomic E-state index is 0.865. The number of likely N-dealkylation sites (tertiary alicyclic amines) is 1. The Balaban J connectivity index is 2.10. The molecule has 0 aromatic rings. The van der Waals surface area contributed by atoms with Gasteiger partial charge >= 0.3 is 0 Å². The number of rotatable bonds is 5. The Kier molecular flexibility index (Phi) is 4.74. The van der Waals surface area contributed by atoms with Crippen molar-refractivity contribution >= 4 is 0 Å². The third kappa shape index (κ3) is 3.65. The van der Waals surface area contributed by atoms with E-state index in [-0.39, 0.29) is 0 Å². The lowest BCUT2D eigenvalue weighted by atomic mass is 9.95. The quantitative estimate of drug-likeness (QED) is 0.653. The number of likely N-dealkylation sites (N-methyl/N-ethyl adjacent to an activating group) is 1. The fourth-order valence-electron chi connectivity index (χ4n) is 2.02. The van der Waals surface area contributed by atoms with E-state index in [0.29, 0.717) is 0 Å². The first-order chi connectivity index (χ1) is 6.24. The fourth-order valence-corrected chi connectivity index (χ4v) is 2.02. The molecule has 1 aliphatic rings. The summed E-state index contributed by atoms with van der Waals surface area (Å²) >= 11 is 0. The molecule has 1 rings (SSSR count). The molecule has 0 bridgehead atoms. The highest BCUT2D eigenvalue weighted by Crippen LogP contribution is 2.22. The maximum absolute atomic E-state index is 3.38. The van der Waals surface area contributed by atoms with Gasteiger partial charge in [0, 0.05) is 19.6 Å². The zero-order valence-corrected chi connectivity index (χ0v) is 9.34. The van der Waals surface area contributed by atoms with Crippen molar-refractivity contribution in [1.29, 1.82) is 0 Å². The summed E-state index contributed by atoms with van der Waals surface area (Å²) in [6, 6.07) is 0. The number of nitrogens with zero attached hydrogens (tertiary/aromatic N) is 1. The second kappa shape index (κ2) is 5.61. The molecule has 78 valence electrons. The van der Waals surface area contributed by atoms with Gasteiger partial charge in [0.15, 0.2) is 0 Å². The fraction of sp³-hybridized carbons (Fsp3) is 1.00. The van der Waals surface area contributed by atoms with Gasteiger partial charge in [-0.1, -0.05) is 20.8 Å². The Hall–Kier alpha value is -0.0800. The molecule has 1 fully saturated rings. The van der Waals surface area contributed by atoms with Crippen LogP contribution in [0.15, 0.2) is 0 Å². The van der Waals surface area contributed by atoms with Gasteiger partial charge in [0.05, 0.1) is 0 Å². The van der Waals surface area contributed by atoms with E-state index in [1.54, 1.807) is 0 Å². The van der Waals surface area contributed by atoms with E-state index in [4.69, 9.17) is 0 Å². The summed E-state index contributed by atoms with van der Waals surface area (Å²) in [5, 5.41) is 3.38. The monoisotopic (exact) mass is 184 g/mol. The summed E-state index contributed by atoms with van der Waals surface area (Å²) in [4.78, 5) is 2.59. The predicted octanol–water partition coefficient (Wildman–Crippen LogP) is 1.57. The van der Waals surface area contributed by atoms with Crippen molar-refractivity contribution in [2.45, 2.75) is 27.2 Å². The molecule has 0 amide bonds. The average molecular weight is 184 g/mol. The van der Waals surface area contributed by atoms with E-state index in [9.17, 15) is 0 Å². The standard InChI is InChI=1S/C11H24N2/c1-4-12-6-8-13-7-5-11(9-13)10(2)3/h10-12H,4-9H2,1-3H3. The molecule has 1 atom stereocenters. The third-order valence-electron chi connectivity index (χ3n) is 3.11.